The number of amides is 2. The molecule has 0 aromatic heterocycles. The van der Waals surface area contributed by atoms with Crippen molar-refractivity contribution in [2.75, 3.05) is 23.7 Å². The number of sulfonamides is 1. The number of hydrogen-bond acceptors (Lipinski definition) is 4. The summed E-state index contributed by atoms with van der Waals surface area (Å²) in [5, 5.41) is 3.29. The molecule has 0 saturated heterocycles. The number of rotatable bonds is 10. The Morgan fingerprint density at radius 1 is 1.12 bits per heavy atom. The van der Waals surface area contributed by atoms with Gasteiger partial charge in [-0.1, -0.05) is 48.4 Å². The molecule has 0 aliphatic rings. The Morgan fingerprint density at radius 3 is 2.39 bits per heavy atom. The van der Waals surface area contributed by atoms with Gasteiger partial charge in [0.25, 0.3) is 0 Å². The number of anilines is 1. The first kappa shape index (κ1) is 26.7. The summed E-state index contributed by atoms with van der Waals surface area (Å²) < 4.78 is 26.3. The Labute approximate surface area is 201 Å². The molecule has 0 spiro atoms. The minimum Gasteiger partial charge on any atom is -0.354 e. The van der Waals surface area contributed by atoms with Crippen LogP contribution in [0.3, 0.4) is 0 Å². The van der Waals surface area contributed by atoms with Crippen LogP contribution in [0, 0.1) is 13.8 Å². The van der Waals surface area contributed by atoms with Gasteiger partial charge in [0, 0.05) is 18.1 Å². The molecule has 1 atom stereocenters. The maximum absolute atomic E-state index is 13.5. The van der Waals surface area contributed by atoms with E-state index in [4.69, 9.17) is 11.6 Å². The third-order valence-electron chi connectivity index (χ3n) is 5.26. The molecule has 2 aromatic rings. The molecule has 2 amide bonds. The Bertz CT molecular complexity index is 1100. The fraction of sp³-hybridized carbons (Fsp3) is 0.417. The van der Waals surface area contributed by atoms with Gasteiger partial charge in [0.1, 0.15) is 12.6 Å². The third-order valence-corrected chi connectivity index (χ3v) is 6.62. The molecule has 0 aliphatic carbocycles. The number of nitrogens with one attached hydrogen (secondary N) is 1. The van der Waals surface area contributed by atoms with Gasteiger partial charge >= 0.3 is 0 Å². The van der Waals surface area contributed by atoms with Crippen LogP contribution in [0.2, 0.25) is 5.02 Å². The predicted molar refractivity (Wildman–Crippen MR) is 133 cm³/mol. The predicted octanol–water partition coefficient (Wildman–Crippen LogP) is 3.67. The highest BCUT2D eigenvalue weighted by molar-refractivity contribution is 7.92. The minimum absolute atomic E-state index is 0.179. The van der Waals surface area contributed by atoms with Crippen LogP contribution in [-0.2, 0) is 26.2 Å². The second-order valence-electron chi connectivity index (χ2n) is 8.18. The monoisotopic (exact) mass is 493 g/mol. The quantitative estimate of drug-likeness (QED) is 0.547. The first-order valence-electron chi connectivity index (χ1n) is 10.8. The van der Waals surface area contributed by atoms with Gasteiger partial charge in [0.05, 0.1) is 11.9 Å². The van der Waals surface area contributed by atoms with Crippen LogP contribution >= 0.6 is 11.6 Å². The molecule has 0 fully saturated rings. The van der Waals surface area contributed by atoms with E-state index in [-0.39, 0.29) is 12.5 Å². The molecule has 2 aromatic carbocycles. The zero-order valence-corrected chi connectivity index (χ0v) is 21.3. The molecule has 0 bridgehead atoms. The minimum atomic E-state index is -3.78. The third kappa shape index (κ3) is 7.47. The molecule has 0 unspecified atom stereocenters. The number of hydrogen-bond donors (Lipinski definition) is 1. The van der Waals surface area contributed by atoms with Crippen LogP contribution in [0.4, 0.5) is 5.69 Å². The van der Waals surface area contributed by atoms with E-state index < -0.39 is 28.5 Å². The number of carbonyl (C=O) groups is 2. The maximum Gasteiger partial charge on any atom is 0.244 e. The van der Waals surface area contributed by atoms with Crippen molar-refractivity contribution in [3.05, 3.63) is 64.2 Å². The van der Waals surface area contributed by atoms with Crippen LogP contribution in [-0.4, -0.2) is 50.5 Å². The summed E-state index contributed by atoms with van der Waals surface area (Å²) in [5.74, 6) is -0.762. The summed E-state index contributed by atoms with van der Waals surface area (Å²) in [6, 6.07) is 11.7. The molecular weight excluding hydrogens is 462 g/mol. The van der Waals surface area contributed by atoms with Gasteiger partial charge in [-0.25, -0.2) is 8.42 Å². The average Bonchev–Trinajstić information content (AvgIpc) is 2.73. The standard InChI is InChI=1S/C24H32ClN3O4S/c1-6-12-26-24(30)19(4)27(15-20-9-7-8-17(2)13-20)23(29)16-28(33(5,31)32)22-11-10-21(25)14-18(22)3/h7-11,13-14,19H,6,12,15-16H2,1-5H3,(H,26,30)/t19-/m1/s1. The van der Waals surface area contributed by atoms with E-state index in [2.05, 4.69) is 5.32 Å². The zero-order valence-electron chi connectivity index (χ0n) is 19.8. The lowest BCUT2D eigenvalue weighted by molar-refractivity contribution is -0.139. The fourth-order valence-electron chi connectivity index (χ4n) is 3.48. The second-order valence-corrected chi connectivity index (χ2v) is 10.5. The van der Waals surface area contributed by atoms with Crippen molar-refractivity contribution in [1.29, 1.82) is 0 Å². The maximum atomic E-state index is 13.5. The zero-order chi connectivity index (χ0) is 24.8. The highest BCUT2D eigenvalue weighted by atomic mass is 35.5. The second kappa shape index (κ2) is 11.5. The molecule has 0 saturated carbocycles. The first-order chi connectivity index (χ1) is 15.4. The first-order valence-corrected chi connectivity index (χ1v) is 13.0. The summed E-state index contributed by atoms with van der Waals surface area (Å²) in [5.41, 5.74) is 2.87. The Hall–Kier alpha value is -2.58. The molecule has 33 heavy (non-hydrogen) atoms. The summed E-state index contributed by atoms with van der Waals surface area (Å²) in [6.07, 6.45) is 1.82. The Morgan fingerprint density at radius 2 is 1.82 bits per heavy atom. The smallest absolute Gasteiger partial charge is 0.244 e. The molecule has 7 nitrogen and oxygen atoms in total. The van der Waals surface area contributed by atoms with Crippen LogP contribution in [0.5, 0.6) is 0 Å². The molecule has 180 valence electrons. The summed E-state index contributed by atoms with van der Waals surface area (Å²) in [7, 11) is -3.78. The molecule has 2 rings (SSSR count). The number of aryl methyl sites for hydroxylation is 2. The highest BCUT2D eigenvalue weighted by Crippen LogP contribution is 2.26. The van der Waals surface area contributed by atoms with E-state index in [1.807, 2.05) is 38.1 Å². The van der Waals surface area contributed by atoms with Gasteiger partial charge < -0.3 is 10.2 Å². The molecular formula is C24H32ClN3O4S. The van der Waals surface area contributed by atoms with Gasteiger partial charge in [0.2, 0.25) is 21.8 Å². The molecule has 0 aliphatic heterocycles. The van der Waals surface area contributed by atoms with Gasteiger partial charge in [0.15, 0.2) is 0 Å². The molecule has 1 N–H and O–H groups in total. The molecule has 0 heterocycles. The fourth-order valence-corrected chi connectivity index (χ4v) is 4.61. The van der Waals surface area contributed by atoms with E-state index in [9.17, 15) is 18.0 Å². The average molecular weight is 494 g/mol. The van der Waals surface area contributed by atoms with Crippen molar-refractivity contribution < 1.29 is 18.0 Å². The van der Waals surface area contributed by atoms with Crippen molar-refractivity contribution in [1.82, 2.24) is 10.2 Å². The van der Waals surface area contributed by atoms with Gasteiger partial charge in [-0.2, -0.15) is 0 Å². The lowest BCUT2D eigenvalue weighted by Gasteiger charge is -2.32. The lowest BCUT2D eigenvalue weighted by atomic mass is 10.1. The van der Waals surface area contributed by atoms with Gasteiger partial charge in [-0.05, 0) is 56.5 Å². The highest BCUT2D eigenvalue weighted by Gasteiger charge is 2.30. The van der Waals surface area contributed by atoms with E-state index in [1.54, 1.807) is 32.0 Å². The number of nitrogens with zero attached hydrogens (tertiary/aromatic N) is 2. The van der Waals surface area contributed by atoms with Crippen molar-refractivity contribution in [2.45, 2.75) is 46.7 Å². The Balaban J connectivity index is 2.40. The van der Waals surface area contributed by atoms with Crippen LogP contribution < -0.4 is 9.62 Å². The SMILES string of the molecule is CCCNC(=O)[C@@H](C)N(Cc1cccc(C)c1)C(=O)CN(c1ccc(Cl)cc1C)S(C)(=O)=O. The topological polar surface area (TPSA) is 86.8 Å². The lowest BCUT2D eigenvalue weighted by Crippen LogP contribution is -2.51. The number of halogens is 1. The van der Waals surface area contributed by atoms with E-state index in [0.29, 0.717) is 22.8 Å². The van der Waals surface area contributed by atoms with Crippen molar-refractivity contribution >= 4 is 39.1 Å². The molecule has 0 radical (unpaired) electrons. The van der Waals surface area contributed by atoms with E-state index >= 15 is 0 Å². The normalized spacial score (nSPS) is 12.2. The van der Waals surface area contributed by atoms with Crippen molar-refractivity contribution in [2.24, 2.45) is 0 Å². The van der Waals surface area contributed by atoms with Crippen LogP contribution in [0.15, 0.2) is 42.5 Å². The number of benzene rings is 2. The van der Waals surface area contributed by atoms with Crippen LogP contribution in [0.1, 0.15) is 37.0 Å². The van der Waals surface area contributed by atoms with E-state index in [1.165, 1.54) is 4.90 Å². The van der Waals surface area contributed by atoms with Crippen molar-refractivity contribution in [3.8, 4) is 0 Å². The largest absolute Gasteiger partial charge is 0.354 e. The summed E-state index contributed by atoms with van der Waals surface area (Å²) in [6.45, 7) is 7.51. The summed E-state index contributed by atoms with van der Waals surface area (Å²) >= 11 is 6.03. The van der Waals surface area contributed by atoms with Crippen molar-refractivity contribution in [3.63, 3.8) is 0 Å². The summed E-state index contributed by atoms with van der Waals surface area (Å²) in [4.78, 5) is 27.6. The van der Waals surface area contributed by atoms with Crippen LogP contribution in [0.25, 0.3) is 0 Å². The number of carbonyl (C=O) groups excluding carboxylic acids is 2. The van der Waals surface area contributed by atoms with Gasteiger partial charge in [-0.3, -0.25) is 13.9 Å². The van der Waals surface area contributed by atoms with E-state index in [0.717, 1.165) is 28.1 Å². The molecule has 9 heteroatoms. The Kier molecular flexibility index (Phi) is 9.31. The van der Waals surface area contributed by atoms with Gasteiger partial charge in [-0.15, -0.1) is 0 Å².